The third kappa shape index (κ3) is 1.68. The van der Waals surface area contributed by atoms with E-state index < -0.39 is 0 Å². The Labute approximate surface area is 87.3 Å². The Bertz CT molecular complexity index is 413. The maximum atomic E-state index is 5.15. The topological polar surface area (TPSA) is 22.1 Å². The van der Waals surface area contributed by atoms with Crippen LogP contribution in [0.1, 0.15) is 0 Å². The van der Waals surface area contributed by atoms with Gasteiger partial charge >= 0.3 is 0 Å². The summed E-state index contributed by atoms with van der Waals surface area (Å²) in [5.41, 5.74) is 1.01. The minimum absolute atomic E-state index is 0.871. The smallest absolute Gasteiger partial charge is 0.119 e. The van der Waals surface area contributed by atoms with Gasteiger partial charge in [0.25, 0.3) is 0 Å². The van der Waals surface area contributed by atoms with Gasteiger partial charge in [0, 0.05) is 5.39 Å². The molecule has 1 heterocycles. The monoisotopic (exact) mass is 205 g/mol. The number of methoxy groups -OCH3 is 1. The van der Waals surface area contributed by atoms with Crippen molar-refractivity contribution < 1.29 is 4.74 Å². The molecule has 14 heavy (non-hydrogen) atoms. The van der Waals surface area contributed by atoms with E-state index in [4.69, 9.17) is 4.74 Å². The number of aromatic nitrogens is 1. The van der Waals surface area contributed by atoms with Crippen LogP contribution in [0.5, 0.6) is 5.75 Å². The second-order valence-corrected chi connectivity index (χ2v) is 3.74. The second-order valence-electron chi connectivity index (χ2n) is 2.91. The van der Waals surface area contributed by atoms with E-state index in [1.54, 1.807) is 18.9 Å². The number of rotatable bonds is 2. The van der Waals surface area contributed by atoms with Crippen LogP contribution in [-0.4, -0.2) is 18.3 Å². The van der Waals surface area contributed by atoms with Crippen molar-refractivity contribution in [2.75, 3.05) is 13.4 Å². The molecule has 2 nitrogen and oxygen atoms in total. The SMILES string of the molecule is COc1ccc2nc(SC)ccc2c1. The zero-order valence-corrected chi connectivity index (χ0v) is 8.97. The molecule has 0 aliphatic carbocycles. The minimum atomic E-state index is 0.871. The summed E-state index contributed by atoms with van der Waals surface area (Å²) >= 11 is 1.65. The number of ether oxygens (including phenoxy) is 1. The van der Waals surface area contributed by atoms with Gasteiger partial charge < -0.3 is 4.74 Å². The number of hydrogen-bond donors (Lipinski definition) is 0. The molecular weight excluding hydrogens is 194 g/mol. The largest absolute Gasteiger partial charge is 0.497 e. The van der Waals surface area contributed by atoms with Crippen LogP contribution in [0.3, 0.4) is 0 Å². The number of pyridine rings is 1. The van der Waals surface area contributed by atoms with Crippen molar-refractivity contribution in [3.8, 4) is 5.75 Å². The third-order valence-electron chi connectivity index (χ3n) is 2.08. The van der Waals surface area contributed by atoms with Gasteiger partial charge in [0.15, 0.2) is 0 Å². The molecule has 2 aromatic rings. The van der Waals surface area contributed by atoms with E-state index >= 15 is 0 Å². The first-order valence-corrected chi connectivity index (χ1v) is 5.55. The van der Waals surface area contributed by atoms with Gasteiger partial charge in [0.05, 0.1) is 17.7 Å². The number of nitrogens with zero attached hydrogens (tertiary/aromatic N) is 1. The Morgan fingerprint density at radius 3 is 2.79 bits per heavy atom. The Morgan fingerprint density at radius 2 is 2.07 bits per heavy atom. The minimum Gasteiger partial charge on any atom is -0.497 e. The first kappa shape index (κ1) is 9.34. The van der Waals surface area contributed by atoms with E-state index in [2.05, 4.69) is 11.1 Å². The molecular formula is C11H11NOS. The van der Waals surface area contributed by atoms with Gasteiger partial charge in [-0.25, -0.2) is 4.98 Å². The molecule has 0 saturated heterocycles. The highest BCUT2D eigenvalue weighted by Gasteiger charge is 1.98. The lowest BCUT2D eigenvalue weighted by Gasteiger charge is -2.02. The van der Waals surface area contributed by atoms with Crippen molar-refractivity contribution in [2.45, 2.75) is 5.03 Å². The molecule has 0 unspecified atom stereocenters. The molecule has 2 rings (SSSR count). The van der Waals surface area contributed by atoms with Crippen LogP contribution >= 0.6 is 11.8 Å². The Morgan fingerprint density at radius 1 is 1.21 bits per heavy atom. The fourth-order valence-corrected chi connectivity index (χ4v) is 1.72. The van der Waals surface area contributed by atoms with Crippen molar-refractivity contribution in [2.24, 2.45) is 0 Å². The molecule has 72 valence electrons. The van der Waals surface area contributed by atoms with Gasteiger partial charge in [-0.15, -0.1) is 11.8 Å². The van der Waals surface area contributed by atoms with Gasteiger partial charge in [-0.2, -0.15) is 0 Å². The van der Waals surface area contributed by atoms with Crippen LogP contribution in [-0.2, 0) is 0 Å². The van der Waals surface area contributed by atoms with E-state index in [1.807, 2.05) is 30.5 Å². The molecule has 0 atom stereocenters. The van der Waals surface area contributed by atoms with Gasteiger partial charge in [0.2, 0.25) is 0 Å². The van der Waals surface area contributed by atoms with Gasteiger partial charge in [0.1, 0.15) is 5.75 Å². The van der Waals surface area contributed by atoms with E-state index in [0.717, 1.165) is 21.7 Å². The maximum absolute atomic E-state index is 5.15. The second kappa shape index (κ2) is 3.88. The van der Waals surface area contributed by atoms with Crippen molar-refractivity contribution in [3.05, 3.63) is 30.3 Å². The van der Waals surface area contributed by atoms with Crippen molar-refractivity contribution in [1.29, 1.82) is 0 Å². The van der Waals surface area contributed by atoms with E-state index in [9.17, 15) is 0 Å². The van der Waals surface area contributed by atoms with Crippen molar-refractivity contribution in [3.63, 3.8) is 0 Å². The summed E-state index contributed by atoms with van der Waals surface area (Å²) in [5.74, 6) is 0.871. The molecule has 0 radical (unpaired) electrons. The number of thioether (sulfide) groups is 1. The maximum Gasteiger partial charge on any atom is 0.119 e. The van der Waals surface area contributed by atoms with Crippen LogP contribution in [0.25, 0.3) is 10.9 Å². The standard InChI is InChI=1S/C11H11NOS/c1-13-9-4-5-10-8(7-9)3-6-11(12-10)14-2/h3-7H,1-2H3. The molecule has 0 spiro atoms. The van der Waals surface area contributed by atoms with E-state index in [0.29, 0.717) is 0 Å². The number of fused-ring (bicyclic) bond motifs is 1. The average molecular weight is 205 g/mol. The highest BCUT2D eigenvalue weighted by Crippen LogP contribution is 2.21. The summed E-state index contributed by atoms with van der Waals surface area (Å²) in [6.45, 7) is 0. The molecule has 3 heteroatoms. The lowest BCUT2D eigenvalue weighted by Crippen LogP contribution is -1.85. The lowest BCUT2D eigenvalue weighted by molar-refractivity contribution is 0.415. The Hall–Kier alpha value is -1.22. The van der Waals surface area contributed by atoms with Crippen LogP contribution in [0.2, 0.25) is 0 Å². The summed E-state index contributed by atoms with van der Waals surface area (Å²) < 4.78 is 5.15. The summed E-state index contributed by atoms with van der Waals surface area (Å²) in [6.07, 6.45) is 2.03. The summed E-state index contributed by atoms with van der Waals surface area (Å²) in [4.78, 5) is 4.48. The van der Waals surface area contributed by atoms with Crippen LogP contribution < -0.4 is 4.74 Å². The molecule has 1 aromatic carbocycles. The van der Waals surface area contributed by atoms with Crippen molar-refractivity contribution >= 4 is 22.7 Å². The summed E-state index contributed by atoms with van der Waals surface area (Å²) in [5, 5.41) is 2.16. The van der Waals surface area contributed by atoms with Crippen LogP contribution in [0, 0.1) is 0 Å². The predicted octanol–water partition coefficient (Wildman–Crippen LogP) is 2.97. The average Bonchev–Trinajstić information content (AvgIpc) is 2.27. The highest BCUT2D eigenvalue weighted by molar-refractivity contribution is 7.98. The molecule has 0 fully saturated rings. The van der Waals surface area contributed by atoms with Gasteiger partial charge in [-0.1, -0.05) is 0 Å². The van der Waals surface area contributed by atoms with E-state index in [-0.39, 0.29) is 0 Å². The number of hydrogen-bond acceptors (Lipinski definition) is 3. The van der Waals surface area contributed by atoms with Gasteiger partial charge in [-0.05, 0) is 36.6 Å². The normalized spacial score (nSPS) is 10.4. The Kier molecular flexibility index (Phi) is 2.59. The fourth-order valence-electron chi connectivity index (χ4n) is 1.33. The van der Waals surface area contributed by atoms with Crippen LogP contribution in [0.4, 0.5) is 0 Å². The molecule has 0 saturated carbocycles. The quantitative estimate of drug-likeness (QED) is 0.704. The zero-order chi connectivity index (χ0) is 9.97. The third-order valence-corrected chi connectivity index (χ3v) is 2.73. The lowest BCUT2D eigenvalue weighted by atomic mass is 10.2. The molecule has 0 amide bonds. The molecule has 1 aromatic heterocycles. The molecule has 0 aliphatic rings. The van der Waals surface area contributed by atoms with E-state index in [1.165, 1.54) is 0 Å². The van der Waals surface area contributed by atoms with Gasteiger partial charge in [-0.3, -0.25) is 0 Å². The first-order chi connectivity index (χ1) is 6.83. The molecule has 0 N–H and O–H groups in total. The fraction of sp³-hybridized carbons (Fsp3) is 0.182. The number of benzene rings is 1. The van der Waals surface area contributed by atoms with Crippen molar-refractivity contribution in [1.82, 2.24) is 4.98 Å². The highest BCUT2D eigenvalue weighted by atomic mass is 32.2. The Balaban J connectivity index is 2.57. The first-order valence-electron chi connectivity index (χ1n) is 4.32. The summed E-state index contributed by atoms with van der Waals surface area (Å²) in [6, 6.07) is 9.99. The summed E-state index contributed by atoms with van der Waals surface area (Å²) in [7, 11) is 1.67. The molecule has 0 bridgehead atoms. The zero-order valence-electron chi connectivity index (χ0n) is 8.15. The predicted molar refractivity (Wildman–Crippen MR) is 60.1 cm³/mol. The molecule has 0 aliphatic heterocycles. The van der Waals surface area contributed by atoms with Crippen LogP contribution in [0.15, 0.2) is 35.4 Å².